The second-order valence-corrected chi connectivity index (χ2v) is 4.62. The normalized spacial score (nSPS) is 10.7. The van der Waals surface area contributed by atoms with Crippen LogP contribution < -0.4 is 5.32 Å². The van der Waals surface area contributed by atoms with Gasteiger partial charge in [-0.3, -0.25) is 10.1 Å². The maximum absolute atomic E-state index is 12.2. The van der Waals surface area contributed by atoms with Crippen LogP contribution in [0.4, 0.5) is 5.95 Å². The Kier molecular flexibility index (Phi) is 3.59. The minimum atomic E-state index is -0.287. The highest BCUT2D eigenvalue weighted by Gasteiger charge is 2.14. The number of carbonyl (C=O) groups is 1. The molecule has 6 nitrogen and oxygen atoms in total. The molecule has 0 aliphatic rings. The molecular weight excluding hydrogens is 266 g/mol. The first-order valence-electron chi connectivity index (χ1n) is 6.82. The van der Waals surface area contributed by atoms with Gasteiger partial charge in [-0.2, -0.15) is 0 Å². The second kappa shape index (κ2) is 5.70. The van der Waals surface area contributed by atoms with Crippen molar-refractivity contribution in [3.63, 3.8) is 0 Å². The molecule has 0 fully saturated rings. The van der Waals surface area contributed by atoms with Crippen LogP contribution in [0.1, 0.15) is 23.8 Å². The van der Waals surface area contributed by atoms with Gasteiger partial charge in [-0.25, -0.2) is 15.0 Å². The molecule has 2 aromatic heterocycles. The molecular formula is C15H15N5O. The quantitative estimate of drug-likeness (QED) is 0.797. The van der Waals surface area contributed by atoms with Crippen LogP contribution in [0.25, 0.3) is 11.0 Å². The fourth-order valence-electron chi connectivity index (χ4n) is 2.21. The summed E-state index contributed by atoms with van der Waals surface area (Å²) in [7, 11) is 0. The third-order valence-electron chi connectivity index (χ3n) is 3.14. The monoisotopic (exact) mass is 281 g/mol. The van der Waals surface area contributed by atoms with Gasteiger partial charge < -0.3 is 4.57 Å². The zero-order valence-corrected chi connectivity index (χ0v) is 11.7. The van der Waals surface area contributed by atoms with E-state index in [0.29, 0.717) is 11.6 Å². The van der Waals surface area contributed by atoms with E-state index >= 15 is 0 Å². The summed E-state index contributed by atoms with van der Waals surface area (Å²) in [6.07, 6.45) is 3.84. The van der Waals surface area contributed by atoms with Crippen molar-refractivity contribution in [1.29, 1.82) is 0 Å². The first-order valence-corrected chi connectivity index (χ1v) is 6.82. The van der Waals surface area contributed by atoms with Crippen molar-refractivity contribution >= 4 is 22.9 Å². The lowest BCUT2D eigenvalue weighted by Gasteiger charge is -2.08. The maximum atomic E-state index is 12.2. The van der Waals surface area contributed by atoms with E-state index in [-0.39, 0.29) is 5.91 Å². The molecule has 1 aromatic carbocycles. The summed E-state index contributed by atoms with van der Waals surface area (Å²) in [6.45, 7) is 2.88. The molecule has 0 unspecified atom stereocenters. The number of amides is 1. The van der Waals surface area contributed by atoms with Gasteiger partial charge >= 0.3 is 0 Å². The molecule has 0 saturated heterocycles. The Labute approximate surface area is 121 Å². The number of carbonyl (C=O) groups excluding carboxylic acids is 1. The van der Waals surface area contributed by atoms with E-state index in [4.69, 9.17) is 0 Å². The van der Waals surface area contributed by atoms with Gasteiger partial charge in [0.2, 0.25) is 5.95 Å². The molecule has 0 saturated carbocycles. The topological polar surface area (TPSA) is 72.7 Å². The van der Waals surface area contributed by atoms with Gasteiger partial charge in [0.05, 0.1) is 11.0 Å². The summed E-state index contributed by atoms with van der Waals surface area (Å²) in [6, 6.07) is 9.40. The Morgan fingerprint density at radius 2 is 2.14 bits per heavy atom. The van der Waals surface area contributed by atoms with Crippen LogP contribution in [0, 0.1) is 0 Å². The van der Waals surface area contributed by atoms with E-state index in [2.05, 4.69) is 27.2 Å². The zero-order chi connectivity index (χ0) is 14.7. The van der Waals surface area contributed by atoms with Crippen molar-refractivity contribution in [3.05, 3.63) is 48.5 Å². The van der Waals surface area contributed by atoms with Crippen molar-refractivity contribution in [2.24, 2.45) is 0 Å². The lowest BCUT2D eigenvalue weighted by Crippen LogP contribution is -2.17. The average molecular weight is 281 g/mol. The molecule has 21 heavy (non-hydrogen) atoms. The summed E-state index contributed by atoms with van der Waals surface area (Å²) < 4.78 is 2.01. The van der Waals surface area contributed by atoms with Crippen molar-refractivity contribution in [3.8, 4) is 0 Å². The number of nitrogens with zero attached hydrogens (tertiary/aromatic N) is 4. The third-order valence-corrected chi connectivity index (χ3v) is 3.14. The van der Waals surface area contributed by atoms with Crippen LogP contribution in [0.15, 0.2) is 42.9 Å². The largest absolute Gasteiger partial charge is 0.310 e. The Morgan fingerprint density at radius 1 is 1.29 bits per heavy atom. The molecule has 3 rings (SSSR count). The number of benzene rings is 1. The highest BCUT2D eigenvalue weighted by atomic mass is 16.2. The molecule has 0 bridgehead atoms. The number of anilines is 1. The van der Waals surface area contributed by atoms with Crippen molar-refractivity contribution in [1.82, 2.24) is 19.5 Å². The van der Waals surface area contributed by atoms with E-state index in [1.807, 2.05) is 28.8 Å². The summed E-state index contributed by atoms with van der Waals surface area (Å²) >= 11 is 0. The lowest BCUT2D eigenvalue weighted by atomic mass is 10.3. The van der Waals surface area contributed by atoms with Gasteiger partial charge in [-0.1, -0.05) is 19.1 Å². The fraction of sp³-hybridized carbons (Fsp3) is 0.200. The third kappa shape index (κ3) is 2.60. The first kappa shape index (κ1) is 13.2. The molecule has 2 heterocycles. The highest BCUT2D eigenvalue weighted by Crippen LogP contribution is 2.20. The van der Waals surface area contributed by atoms with Gasteiger partial charge in [-0.15, -0.1) is 0 Å². The SMILES string of the molecule is CCCn1c(NC(=O)c2ccncn2)nc2ccccc21. The molecule has 0 atom stereocenters. The number of aryl methyl sites for hydroxylation is 1. The van der Waals surface area contributed by atoms with E-state index in [1.54, 1.807) is 6.07 Å². The van der Waals surface area contributed by atoms with Crippen molar-refractivity contribution in [2.75, 3.05) is 5.32 Å². The molecule has 1 amide bonds. The van der Waals surface area contributed by atoms with E-state index in [9.17, 15) is 4.79 Å². The maximum Gasteiger partial charge on any atom is 0.276 e. The molecule has 0 aliphatic carbocycles. The molecule has 0 spiro atoms. The van der Waals surface area contributed by atoms with Crippen LogP contribution in [-0.4, -0.2) is 25.4 Å². The zero-order valence-electron chi connectivity index (χ0n) is 11.7. The summed E-state index contributed by atoms with van der Waals surface area (Å²) in [5.74, 6) is 0.256. The number of imidazole rings is 1. The number of para-hydroxylation sites is 2. The minimum Gasteiger partial charge on any atom is -0.310 e. The van der Waals surface area contributed by atoms with Gasteiger partial charge in [0.25, 0.3) is 5.91 Å². The number of nitrogens with one attached hydrogen (secondary N) is 1. The van der Waals surface area contributed by atoms with Gasteiger partial charge in [0, 0.05) is 12.7 Å². The van der Waals surface area contributed by atoms with E-state index < -0.39 is 0 Å². The van der Waals surface area contributed by atoms with Crippen LogP contribution in [0.5, 0.6) is 0 Å². The Balaban J connectivity index is 1.96. The standard InChI is InChI=1S/C15H15N5O/c1-2-9-20-13-6-4-3-5-11(13)18-15(20)19-14(21)12-7-8-16-10-17-12/h3-8,10H,2,9H2,1H3,(H,18,19,21). The van der Waals surface area contributed by atoms with Crippen LogP contribution in [0.2, 0.25) is 0 Å². The molecule has 0 radical (unpaired) electrons. The van der Waals surface area contributed by atoms with E-state index in [0.717, 1.165) is 24.0 Å². The predicted molar refractivity (Wildman–Crippen MR) is 80.0 cm³/mol. The predicted octanol–water partition coefficient (Wildman–Crippen LogP) is 2.49. The van der Waals surface area contributed by atoms with E-state index in [1.165, 1.54) is 12.5 Å². The minimum absolute atomic E-state index is 0.287. The van der Waals surface area contributed by atoms with Crippen LogP contribution >= 0.6 is 0 Å². The van der Waals surface area contributed by atoms with Gasteiger partial charge in [0.1, 0.15) is 12.0 Å². The van der Waals surface area contributed by atoms with Gasteiger partial charge in [-0.05, 0) is 24.6 Å². The summed E-state index contributed by atoms with van der Waals surface area (Å²) in [4.78, 5) is 24.4. The second-order valence-electron chi connectivity index (χ2n) is 4.62. The van der Waals surface area contributed by atoms with Crippen LogP contribution in [0.3, 0.4) is 0 Å². The Morgan fingerprint density at radius 3 is 2.90 bits per heavy atom. The highest BCUT2D eigenvalue weighted by molar-refractivity contribution is 6.02. The number of aromatic nitrogens is 4. The smallest absolute Gasteiger partial charge is 0.276 e. The van der Waals surface area contributed by atoms with Crippen LogP contribution in [-0.2, 0) is 6.54 Å². The number of fused-ring (bicyclic) bond motifs is 1. The van der Waals surface area contributed by atoms with Gasteiger partial charge in [0.15, 0.2) is 0 Å². The molecule has 1 N–H and O–H groups in total. The average Bonchev–Trinajstić information content (AvgIpc) is 2.86. The lowest BCUT2D eigenvalue weighted by molar-refractivity contribution is 0.102. The number of rotatable bonds is 4. The van der Waals surface area contributed by atoms with Crippen molar-refractivity contribution in [2.45, 2.75) is 19.9 Å². The summed E-state index contributed by atoms with van der Waals surface area (Å²) in [5, 5.41) is 2.82. The number of hydrogen-bond donors (Lipinski definition) is 1. The number of hydrogen-bond acceptors (Lipinski definition) is 4. The first-order chi connectivity index (χ1) is 10.3. The molecule has 106 valence electrons. The molecule has 3 aromatic rings. The molecule has 6 heteroatoms. The Hall–Kier alpha value is -2.76. The Bertz CT molecular complexity index is 766. The molecule has 0 aliphatic heterocycles. The van der Waals surface area contributed by atoms with Crippen molar-refractivity contribution < 1.29 is 4.79 Å². The summed E-state index contributed by atoms with van der Waals surface area (Å²) in [5.41, 5.74) is 2.20. The fourth-order valence-corrected chi connectivity index (χ4v) is 2.21.